The SMILES string of the molecule is [Br-].c1ccc(-c2c3ccccc3cc3cccc[n+]23)cc1. The van der Waals surface area contributed by atoms with Gasteiger partial charge >= 0.3 is 0 Å². The fourth-order valence-corrected chi connectivity index (χ4v) is 2.80. The highest BCUT2D eigenvalue weighted by Crippen LogP contribution is 2.26. The highest BCUT2D eigenvalue weighted by Gasteiger charge is 2.16. The highest BCUT2D eigenvalue weighted by molar-refractivity contribution is 5.94. The van der Waals surface area contributed by atoms with E-state index in [4.69, 9.17) is 0 Å². The third kappa shape index (κ3) is 2.32. The van der Waals surface area contributed by atoms with Gasteiger partial charge in [0, 0.05) is 23.8 Å². The number of hydrogen-bond acceptors (Lipinski definition) is 0. The molecule has 102 valence electrons. The molecule has 0 spiro atoms. The molecule has 0 radical (unpaired) electrons. The van der Waals surface area contributed by atoms with Crippen LogP contribution in [0.25, 0.3) is 27.5 Å². The topological polar surface area (TPSA) is 4.10 Å². The summed E-state index contributed by atoms with van der Waals surface area (Å²) in [7, 11) is 0. The molecule has 0 atom stereocenters. The zero-order valence-corrected chi connectivity index (χ0v) is 13.0. The molecule has 0 aliphatic carbocycles. The molecule has 2 heteroatoms. The standard InChI is InChI=1S/C19H14N.BrH/c1-2-8-15(9-3-1)19-18-12-5-4-10-16(18)14-17-11-6-7-13-20(17)19;/h1-14H;1H/q+1;/p-1. The number of aromatic nitrogens is 1. The molecule has 0 aliphatic rings. The van der Waals surface area contributed by atoms with Crippen LogP contribution in [-0.4, -0.2) is 0 Å². The monoisotopic (exact) mass is 335 g/mol. The lowest BCUT2D eigenvalue weighted by Crippen LogP contribution is -3.00. The van der Waals surface area contributed by atoms with Gasteiger partial charge in [0.1, 0.15) is 0 Å². The van der Waals surface area contributed by atoms with Crippen LogP contribution in [0.1, 0.15) is 0 Å². The van der Waals surface area contributed by atoms with Gasteiger partial charge in [-0.25, -0.2) is 0 Å². The van der Waals surface area contributed by atoms with E-state index in [9.17, 15) is 0 Å². The molecule has 2 aromatic carbocycles. The molecule has 0 saturated heterocycles. The van der Waals surface area contributed by atoms with E-state index >= 15 is 0 Å². The lowest BCUT2D eigenvalue weighted by molar-refractivity contribution is -0.498. The van der Waals surface area contributed by atoms with E-state index in [-0.39, 0.29) is 17.0 Å². The van der Waals surface area contributed by atoms with Crippen molar-refractivity contribution in [2.75, 3.05) is 0 Å². The summed E-state index contributed by atoms with van der Waals surface area (Å²) in [5, 5.41) is 2.56. The Hall–Kier alpha value is -2.19. The van der Waals surface area contributed by atoms with Crippen LogP contribution < -0.4 is 21.4 Å². The van der Waals surface area contributed by atoms with Crippen molar-refractivity contribution in [3.8, 4) is 11.3 Å². The minimum Gasteiger partial charge on any atom is -1.00 e. The van der Waals surface area contributed by atoms with Gasteiger partial charge < -0.3 is 17.0 Å². The van der Waals surface area contributed by atoms with E-state index in [1.165, 1.54) is 27.5 Å². The summed E-state index contributed by atoms with van der Waals surface area (Å²) < 4.78 is 2.26. The highest BCUT2D eigenvalue weighted by atomic mass is 79.9. The molecule has 0 N–H and O–H groups in total. The number of hydrogen-bond donors (Lipinski definition) is 0. The first-order chi connectivity index (χ1) is 9.93. The van der Waals surface area contributed by atoms with Gasteiger partial charge in [-0.15, -0.1) is 0 Å². The second-order valence-corrected chi connectivity index (χ2v) is 4.94. The number of fused-ring (bicyclic) bond motifs is 2. The van der Waals surface area contributed by atoms with Crippen molar-refractivity contribution in [3.63, 3.8) is 0 Å². The van der Waals surface area contributed by atoms with Gasteiger partial charge in [-0.2, -0.15) is 4.40 Å². The third-order valence-electron chi connectivity index (χ3n) is 3.70. The molecule has 0 fully saturated rings. The van der Waals surface area contributed by atoms with Crippen LogP contribution >= 0.6 is 0 Å². The van der Waals surface area contributed by atoms with Crippen molar-refractivity contribution in [2.45, 2.75) is 0 Å². The van der Waals surface area contributed by atoms with Crippen molar-refractivity contribution < 1.29 is 21.4 Å². The molecule has 0 unspecified atom stereocenters. The van der Waals surface area contributed by atoms with E-state index in [0.29, 0.717) is 0 Å². The van der Waals surface area contributed by atoms with Crippen molar-refractivity contribution >= 4 is 16.3 Å². The summed E-state index contributed by atoms with van der Waals surface area (Å²) in [4.78, 5) is 0. The molecule has 0 aliphatic heterocycles. The minimum absolute atomic E-state index is 0. The third-order valence-corrected chi connectivity index (χ3v) is 3.70. The fraction of sp³-hybridized carbons (Fsp3) is 0. The number of nitrogens with zero attached hydrogens (tertiary/aromatic N) is 1. The molecule has 1 nitrogen and oxygen atoms in total. The second-order valence-electron chi connectivity index (χ2n) is 4.94. The summed E-state index contributed by atoms with van der Waals surface area (Å²) in [6.45, 7) is 0. The maximum absolute atomic E-state index is 2.26. The van der Waals surface area contributed by atoms with E-state index in [1.54, 1.807) is 0 Å². The van der Waals surface area contributed by atoms with Crippen LogP contribution in [0.2, 0.25) is 0 Å². The summed E-state index contributed by atoms with van der Waals surface area (Å²) in [6.07, 6.45) is 2.13. The lowest BCUT2D eigenvalue weighted by Gasteiger charge is -2.05. The van der Waals surface area contributed by atoms with E-state index in [2.05, 4.69) is 89.5 Å². The first-order valence-corrected chi connectivity index (χ1v) is 6.81. The minimum atomic E-state index is 0. The Bertz CT molecular complexity index is 847. The summed E-state index contributed by atoms with van der Waals surface area (Å²) in [6, 6.07) is 27.7. The van der Waals surface area contributed by atoms with Gasteiger partial charge in [0.2, 0.25) is 11.2 Å². The Morgan fingerprint density at radius 2 is 1.38 bits per heavy atom. The zero-order chi connectivity index (χ0) is 13.4. The predicted molar refractivity (Wildman–Crippen MR) is 82.5 cm³/mol. The molecular formula is C19H14BrN. The summed E-state index contributed by atoms with van der Waals surface area (Å²) in [5.41, 5.74) is 3.70. The van der Waals surface area contributed by atoms with E-state index in [0.717, 1.165) is 0 Å². The number of halogens is 1. The summed E-state index contributed by atoms with van der Waals surface area (Å²) >= 11 is 0. The Balaban J connectivity index is 0.00000132. The fourth-order valence-electron chi connectivity index (χ4n) is 2.80. The van der Waals surface area contributed by atoms with Crippen molar-refractivity contribution in [2.24, 2.45) is 0 Å². The Labute approximate surface area is 134 Å². The van der Waals surface area contributed by atoms with Crippen LogP contribution in [0.3, 0.4) is 0 Å². The first-order valence-electron chi connectivity index (χ1n) is 6.81. The maximum atomic E-state index is 2.26. The van der Waals surface area contributed by atoms with Gasteiger partial charge in [0.15, 0.2) is 6.20 Å². The quantitative estimate of drug-likeness (QED) is 0.364. The van der Waals surface area contributed by atoms with Crippen LogP contribution in [0.5, 0.6) is 0 Å². The normalized spacial score (nSPS) is 10.5. The average Bonchev–Trinajstić information content (AvgIpc) is 2.53. The first kappa shape index (κ1) is 13.8. The van der Waals surface area contributed by atoms with Gasteiger partial charge in [-0.1, -0.05) is 36.4 Å². The van der Waals surface area contributed by atoms with Crippen LogP contribution in [-0.2, 0) is 0 Å². The Morgan fingerprint density at radius 3 is 2.24 bits per heavy atom. The molecule has 0 amide bonds. The van der Waals surface area contributed by atoms with E-state index in [1.807, 2.05) is 0 Å². The lowest BCUT2D eigenvalue weighted by atomic mass is 10.0. The van der Waals surface area contributed by atoms with Crippen molar-refractivity contribution in [3.05, 3.63) is 85.1 Å². The zero-order valence-electron chi connectivity index (χ0n) is 11.4. The van der Waals surface area contributed by atoms with Crippen LogP contribution in [0, 0.1) is 0 Å². The van der Waals surface area contributed by atoms with Crippen LogP contribution in [0.4, 0.5) is 0 Å². The smallest absolute Gasteiger partial charge is 0.226 e. The number of rotatable bonds is 1. The molecule has 2 aromatic heterocycles. The van der Waals surface area contributed by atoms with Gasteiger partial charge in [-0.3, -0.25) is 0 Å². The molecule has 4 rings (SSSR count). The van der Waals surface area contributed by atoms with Gasteiger partial charge in [-0.05, 0) is 29.7 Å². The van der Waals surface area contributed by atoms with Crippen molar-refractivity contribution in [1.82, 2.24) is 0 Å². The maximum Gasteiger partial charge on any atom is 0.226 e. The van der Waals surface area contributed by atoms with Gasteiger partial charge in [0.05, 0.1) is 5.39 Å². The Kier molecular flexibility index (Phi) is 3.72. The molecular weight excluding hydrogens is 322 g/mol. The summed E-state index contributed by atoms with van der Waals surface area (Å²) in [5.74, 6) is 0. The largest absolute Gasteiger partial charge is 1.00 e. The number of pyridine rings is 2. The molecule has 21 heavy (non-hydrogen) atoms. The predicted octanol–water partition coefficient (Wildman–Crippen LogP) is 1.25. The molecule has 0 saturated carbocycles. The second kappa shape index (κ2) is 5.66. The molecule has 2 heterocycles. The Morgan fingerprint density at radius 1 is 0.667 bits per heavy atom. The van der Waals surface area contributed by atoms with Crippen molar-refractivity contribution in [1.29, 1.82) is 0 Å². The van der Waals surface area contributed by atoms with Gasteiger partial charge in [0.25, 0.3) is 0 Å². The average molecular weight is 336 g/mol. The van der Waals surface area contributed by atoms with E-state index < -0.39 is 0 Å². The number of benzene rings is 2. The molecule has 0 bridgehead atoms. The van der Waals surface area contributed by atoms with Crippen LogP contribution in [0.15, 0.2) is 85.1 Å². The molecule has 4 aromatic rings.